The molecule has 1 fully saturated rings. The zero-order valence-electron chi connectivity index (χ0n) is 13.0. The summed E-state index contributed by atoms with van der Waals surface area (Å²) in [4.78, 5) is 12.5. The molecule has 0 aliphatic carbocycles. The topological polar surface area (TPSA) is 61.4 Å². The predicted molar refractivity (Wildman–Crippen MR) is 83.6 cm³/mol. The van der Waals surface area contributed by atoms with Crippen LogP contribution in [0.15, 0.2) is 24.3 Å². The number of hydrogen-bond acceptors (Lipinski definition) is 3. The standard InChI is InChI=1S/C17H26N2O2/c1-17(2,15-4-3-9-18-11-15)16(21)19-10-13-5-7-14(12-20)8-6-13/h5-8,15,18,20H,3-4,9-12H2,1-2H3,(H,19,21). The second-order valence-corrected chi connectivity index (χ2v) is 6.42. The van der Waals surface area contributed by atoms with Gasteiger partial charge in [0.25, 0.3) is 0 Å². The molecule has 1 aliphatic rings. The van der Waals surface area contributed by atoms with E-state index in [0.29, 0.717) is 12.5 Å². The van der Waals surface area contributed by atoms with Gasteiger partial charge in [-0.1, -0.05) is 38.1 Å². The van der Waals surface area contributed by atoms with E-state index in [0.717, 1.165) is 37.1 Å². The van der Waals surface area contributed by atoms with Crippen molar-refractivity contribution in [3.63, 3.8) is 0 Å². The van der Waals surface area contributed by atoms with Gasteiger partial charge in [-0.15, -0.1) is 0 Å². The molecule has 1 unspecified atom stereocenters. The second kappa shape index (κ2) is 7.05. The van der Waals surface area contributed by atoms with Gasteiger partial charge >= 0.3 is 0 Å². The first kappa shape index (κ1) is 16.0. The van der Waals surface area contributed by atoms with E-state index in [1.54, 1.807) is 0 Å². The van der Waals surface area contributed by atoms with Gasteiger partial charge in [0.1, 0.15) is 0 Å². The normalized spacial score (nSPS) is 19.3. The molecule has 0 spiro atoms. The van der Waals surface area contributed by atoms with E-state index >= 15 is 0 Å². The molecule has 1 saturated heterocycles. The zero-order chi connectivity index (χ0) is 15.3. The maximum Gasteiger partial charge on any atom is 0.226 e. The Labute approximate surface area is 126 Å². The molecular formula is C17H26N2O2. The minimum absolute atomic E-state index is 0.0500. The molecule has 2 rings (SSSR count). The molecule has 4 nitrogen and oxygen atoms in total. The lowest BCUT2D eigenvalue weighted by molar-refractivity contribution is -0.132. The molecule has 0 saturated carbocycles. The van der Waals surface area contributed by atoms with Crippen LogP contribution in [0.2, 0.25) is 0 Å². The predicted octanol–water partition coefficient (Wildman–Crippen LogP) is 1.82. The van der Waals surface area contributed by atoms with Crippen molar-refractivity contribution in [1.29, 1.82) is 0 Å². The molecule has 3 N–H and O–H groups in total. The molecule has 1 heterocycles. The summed E-state index contributed by atoms with van der Waals surface area (Å²) in [7, 11) is 0. The zero-order valence-corrected chi connectivity index (χ0v) is 13.0. The van der Waals surface area contributed by atoms with E-state index in [2.05, 4.69) is 10.6 Å². The van der Waals surface area contributed by atoms with Crippen molar-refractivity contribution in [2.45, 2.75) is 39.8 Å². The third-order valence-electron chi connectivity index (χ3n) is 4.56. The summed E-state index contributed by atoms with van der Waals surface area (Å²) in [6.07, 6.45) is 2.25. The SMILES string of the molecule is CC(C)(C(=O)NCc1ccc(CO)cc1)C1CCCNC1. The Bertz CT molecular complexity index is 462. The molecule has 0 bridgehead atoms. The van der Waals surface area contributed by atoms with Crippen LogP contribution >= 0.6 is 0 Å². The van der Waals surface area contributed by atoms with E-state index in [4.69, 9.17) is 5.11 Å². The third-order valence-corrected chi connectivity index (χ3v) is 4.56. The van der Waals surface area contributed by atoms with Crippen molar-refractivity contribution in [3.05, 3.63) is 35.4 Å². The summed E-state index contributed by atoms with van der Waals surface area (Å²) >= 11 is 0. The summed E-state index contributed by atoms with van der Waals surface area (Å²) < 4.78 is 0. The van der Waals surface area contributed by atoms with Crippen molar-refractivity contribution in [2.75, 3.05) is 13.1 Å². The molecule has 1 amide bonds. The summed E-state index contributed by atoms with van der Waals surface area (Å²) in [5.74, 6) is 0.505. The number of carbonyl (C=O) groups is 1. The van der Waals surface area contributed by atoms with Crippen LogP contribution in [0.4, 0.5) is 0 Å². The van der Waals surface area contributed by atoms with Crippen LogP contribution in [0.25, 0.3) is 0 Å². The van der Waals surface area contributed by atoms with E-state index in [1.165, 1.54) is 0 Å². The van der Waals surface area contributed by atoms with Crippen LogP contribution < -0.4 is 10.6 Å². The van der Waals surface area contributed by atoms with Crippen LogP contribution in [0.3, 0.4) is 0 Å². The Balaban J connectivity index is 1.90. The number of rotatable bonds is 5. The molecular weight excluding hydrogens is 264 g/mol. The maximum atomic E-state index is 12.5. The lowest BCUT2D eigenvalue weighted by Gasteiger charge is -2.36. The van der Waals surface area contributed by atoms with Gasteiger partial charge in [0.05, 0.1) is 6.61 Å². The largest absolute Gasteiger partial charge is 0.392 e. The van der Waals surface area contributed by atoms with Crippen LogP contribution in [-0.4, -0.2) is 24.1 Å². The van der Waals surface area contributed by atoms with Crippen molar-refractivity contribution in [1.82, 2.24) is 10.6 Å². The first-order valence-corrected chi connectivity index (χ1v) is 7.71. The lowest BCUT2D eigenvalue weighted by Crippen LogP contribution is -2.47. The molecule has 0 aromatic heterocycles. The Morgan fingerprint density at radius 2 is 2.00 bits per heavy atom. The fourth-order valence-corrected chi connectivity index (χ4v) is 2.83. The summed E-state index contributed by atoms with van der Waals surface area (Å²) in [6.45, 7) is 6.64. The van der Waals surface area contributed by atoms with E-state index < -0.39 is 0 Å². The van der Waals surface area contributed by atoms with Crippen LogP contribution in [0.1, 0.15) is 37.8 Å². The van der Waals surface area contributed by atoms with Crippen LogP contribution in [0.5, 0.6) is 0 Å². The Kier molecular flexibility index (Phi) is 5.37. The molecule has 0 radical (unpaired) electrons. The third kappa shape index (κ3) is 4.05. The fraction of sp³-hybridized carbons (Fsp3) is 0.588. The van der Waals surface area contributed by atoms with E-state index in [9.17, 15) is 4.79 Å². The summed E-state index contributed by atoms with van der Waals surface area (Å²) in [5, 5.41) is 15.4. The minimum Gasteiger partial charge on any atom is -0.392 e. The average molecular weight is 290 g/mol. The highest BCUT2D eigenvalue weighted by Crippen LogP contribution is 2.31. The van der Waals surface area contributed by atoms with Gasteiger partial charge in [0.15, 0.2) is 0 Å². The highest BCUT2D eigenvalue weighted by Gasteiger charge is 2.36. The van der Waals surface area contributed by atoms with Gasteiger partial charge in [-0.05, 0) is 43.0 Å². The number of amides is 1. The van der Waals surface area contributed by atoms with Gasteiger partial charge in [0.2, 0.25) is 5.91 Å². The molecule has 21 heavy (non-hydrogen) atoms. The van der Waals surface area contributed by atoms with Gasteiger partial charge < -0.3 is 15.7 Å². The number of nitrogens with one attached hydrogen (secondary N) is 2. The molecule has 116 valence electrons. The number of hydrogen-bond donors (Lipinski definition) is 3. The van der Waals surface area contributed by atoms with Gasteiger partial charge in [-0.2, -0.15) is 0 Å². The number of piperidine rings is 1. The molecule has 1 aliphatic heterocycles. The quantitative estimate of drug-likeness (QED) is 0.775. The Morgan fingerprint density at radius 1 is 1.33 bits per heavy atom. The lowest BCUT2D eigenvalue weighted by atomic mass is 9.74. The Morgan fingerprint density at radius 3 is 2.57 bits per heavy atom. The number of benzene rings is 1. The number of aliphatic hydroxyl groups is 1. The number of carbonyl (C=O) groups excluding carboxylic acids is 1. The molecule has 1 atom stereocenters. The van der Waals surface area contributed by atoms with Crippen LogP contribution in [-0.2, 0) is 17.9 Å². The van der Waals surface area contributed by atoms with Gasteiger partial charge in [0, 0.05) is 12.0 Å². The monoisotopic (exact) mass is 290 g/mol. The van der Waals surface area contributed by atoms with Crippen molar-refractivity contribution in [2.24, 2.45) is 11.3 Å². The second-order valence-electron chi connectivity index (χ2n) is 6.42. The Hall–Kier alpha value is -1.39. The highest BCUT2D eigenvalue weighted by molar-refractivity contribution is 5.82. The molecule has 1 aromatic rings. The summed E-state index contributed by atoms with van der Waals surface area (Å²) in [6, 6.07) is 7.66. The van der Waals surface area contributed by atoms with Crippen molar-refractivity contribution >= 4 is 5.91 Å². The fourth-order valence-electron chi connectivity index (χ4n) is 2.83. The minimum atomic E-state index is -0.349. The van der Waals surface area contributed by atoms with Crippen molar-refractivity contribution in [3.8, 4) is 0 Å². The smallest absolute Gasteiger partial charge is 0.226 e. The first-order valence-electron chi connectivity index (χ1n) is 7.71. The molecule has 1 aromatic carbocycles. The van der Waals surface area contributed by atoms with E-state index in [-0.39, 0.29) is 17.9 Å². The van der Waals surface area contributed by atoms with Gasteiger partial charge in [-0.3, -0.25) is 4.79 Å². The van der Waals surface area contributed by atoms with E-state index in [1.807, 2.05) is 38.1 Å². The average Bonchev–Trinajstić information content (AvgIpc) is 2.53. The van der Waals surface area contributed by atoms with Crippen LogP contribution in [0, 0.1) is 11.3 Å². The molecule has 4 heteroatoms. The summed E-state index contributed by atoms with van der Waals surface area (Å²) in [5.41, 5.74) is 1.59. The number of aliphatic hydroxyl groups excluding tert-OH is 1. The van der Waals surface area contributed by atoms with Gasteiger partial charge in [-0.25, -0.2) is 0 Å². The highest BCUT2D eigenvalue weighted by atomic mass is 16.3. The maximum absolute atomic E-state index is 12.5. The first-order chi connectivity index (χ1) is 10.0. The van der Waals surface area contributed by atoms with Crippen molar-refractivity contribution < 1.29 is 9.90 Å².